The first-order valence-corrected chi connectivity index (χ1v) is 7.94. The molecule has 3 rings (SSSR count). The quantitative estimate of drug-likeness (QED) is 0.858. The van der Waals surface area contributed by atoms with Gasteiger partial charge in [0.15, 0.2) is 6.61 Å². The van der Waals surface area contributed by atoms with Gasteiger partial charge in [-0.2, -0.15) is 5.26 Å². The third-order valence-electron chi connectivity index (χ3n) is 4.00. The average Bonchev–Trinajstić information content (AvgIpc) is 2.66. The van der Waals surface area contributed by atoms with Gasteiger partial charge in [0.25, 0.3) is 5.91 Å². The van der Waals surface area contributed by atoms with Crippen LogP contribution in [0.1, 0.15) is 17.2 Å². The van der Waals surface area contributed by atoms with E-state index in [-0.39, 0.29) is 24.4 Å². The number of rotatable bonds is 4. The molecule has 0 radical (unpaired) electrons. The SMILES string of the molecule is N#Cc1ccccc1OCC(=O)N1CCO[C@@H](c2cccc(F)c2)C1. The minimum Gasteiger partial charge on any atom is -0.482 e. The number of benzene rings is 2. The third kappa shape index (κ3) is 4.14. The van der Waals surface area contributed by atoms with E-state index in [0.29, 0.717) is 36.6 Å². The molecule has 0 bridgehead atoms. The van der Waals surface area contributed by atoms with E-state index >= 15 is 0 Å². The number of nitrogens with zero attached hydrogens (tertiary/aromatic N) is 2. The van der Waals surface area contributed by atoms with E-state index in [1.54, 1.807) is 41.3 Å². The molecule has 0 aliphatic carbocycles. The predicted molar refractivity (Wildman–Crippen MR) is 88.3 cm³/mol. The van der Waals surface area contributed by atoms with Crippen molar-refractivity contribution in [1.82, 2.24) is 4.90 Å². The molecular weight excluding hydrogens is 323 g/mol. The Balaban J connectivity index is 1.61. The van der Waals surface area contributed by atoms with Gasteiger partial charge in [0.1, 0.15) is 23.7 Å². The lowest BCUT2D eigenvalue weighted by Gasteiger charge is -2.33. The standard InChI is InChI=1S/C19H17FN2O3/c20-16-6-3-5-14(10-16)18-12-22(8-9-24-18)19(23)13-25-17-7-2-1-4-15(17)11-21/h1-7,10,18H,8-9,12-13H2/t18-/m1/s1. The number of carbonyl (C=O) groups is 1. The van der Waals surface area contributed by atoms with Crippen LogP contribution in [0, 0.1) is 17.1 Å². The zero-order valence-electron chi connectivity index (χ0n) is 13.5. The molecule has 0 saturated carbocycles. The normalized spacial score (nSPS) is 17.0. The van der Waals surface area contributed by atoms with Gasteiger partial charge in [-0.1, -0.05) is 24.3 Å². The molecule has 25 heavy (non-hydrogen) atoms. The molecule has 1 fully saturated rings. The molecule has 0 aromatic heterocycles. The second-order valence-corrected chi connectivity index (χ2v) is 5.65. The maximum absolute atomic E-state index is 13.4. The molecule has 6 heteroatoms. The zero-order chi connectivity index (χ0) is 17.6. The van der Waals surface area contributed by atoms with Crippen molar-refractivity contribution in [2.24, 2.45) is 0 Å². The monoisotopic (exact) mass is 340 g/mol. The molecule has 0 unspecified atom stereocenters. The van der Waals surface area contributed by atoms with Crippen LogP contribution in [0.2, 0.25) is 0 Å². The minimum atomic E-state index is -0.361. The van der Waals surface area contributed by atoms with E-state index < -0.39 is 0 Å². The van der Waals surface area contributed by atoms with Crippen molar-refractivity contribution in [2.75, 3.05) is 26.3 Å². The largest absolute Gasteiger partial charge is 0.482 e. The minimum absolute atomic E-state index is 0.158. The van der Waals surface area contributed by atoms with Crippen molar-refractivity contribution in [1.29, 1.82) is 5.26 Å². The van der Waals surface area contributed by atoms with E-state index in [4.69, 9.17) is 14.7 Å². The summed E-state index contributed by atoms with van der Waals surface area (Å²) in [4.78, 5) is 14.0. The first-order valence-electron chi connectivity index (χ1n) is 7.94. The summed E-state index contributed by atoms with van der Waals surface area (Å²) in [7, 11) is 0. The van der Waals surface area contributed by atoms with Crippen LogP contribution in [0.3, 0.4) is 0 Å². The second kappa shape index (κ2) is 7.77. The summed E-state index contributed by atoms with van der Waals surface area (Å²) < 4.78 is 24.5. The molecule has 1 aliphatic rings. The Kier molecular flexibility index (Phi) is 5.26. The van der Waals surface area contributed by atoms with Crippen LogP contribution in [0.4, 0.5) is 4.39 Å². The Morgan fingerprint density at radius 2 is 2.16 bits per heavy atom. The topological polar surface area (TPSA) is 62.6 Å². The Bertz CT molecular complexity index is 803. The van der Waals surface area contributed by atoms with Crippen molar-refractivity contribution < 1.29 is 18.7 Å². The van der Waals surface area contributed by atoms with Crippen molar-refractivity contribution in [3.63, 3.8) is 0 Å². The van der Waals surface area contributed by atoms with Gasteiger partial charge in [-0.25, -0.2) is 4.39 Å². The Morgan fingerprint density at radius 1 is 1.32 bits per heavy atom. The molecule has 2 aromatic carbocycles. The predicted octanol–water partition coefficient (Wildman–Crippen LogP) is 2.68. The molecule has 1 aliphatic heterocycles. The summed E-state index contributed by atoms with van der Waals surface area (Å²) in [5.74, 6) is -0.147. The zero-order valence-corrected chi connectivity index (χ0v) is 13.5. The Labute approximate surface area is 145 Å². The molecule has 1 amide bonds. The third-order valence-corrected chi connectivity index (χ3v) is 4.00. The van der Waals surface area contributed by atoms with Crippen LogP contribution in [0.15, 0.2) is 48.5 Å². The lowest BCUT2D eigenvalue weighted by Crippen LogP contribution is -2.44. The Hall–Kier alpha value is -2.91. The number of para-hydroxylation sites is 1. The lowest BCUT2D eigenvalue weighted by atomic mass is 10.1. The molecule has 0 N–H and O–H groups in total. The summed E-state index contributed by atoms with van der Waals surface area (Å²) in [5, 5.41) is 9.04. The van der Waals surface area contributed by atoms with Crippen LogP contribution in [0.5, 0.6) is 5.75 Å². The van der Waals surface area contributed by atoms with Crippen molar-refractivity contribution in [3.8, 4) is 11.8 Å². The van der Waals surface area contributed by atoms with E-state index in [1.807, 2.05) is 6.07 Å². The van der Waals surface area contributed by atoms with E-state index in [2.05, 4.69) is 0 Å². The molecule has 128 valence electrons. The molecule has 1 atom stereocenters. The molecule has 0 spiro atoms. The maximum atomic E-state index is 13.4. The first-order chi connectivity index (χ1) is 12.2. The highest BCUT2D eigenvalue weighted by atomic mass is 19.1. The number of amides is 1. The fourth-order valence-electron chi connectivity index (χ4n) is 2.70. The lowest BCUT2D eigenvalue weighted by molar-refractivity contribution is -0.141. The summed E-state index contributed by atoms with van der Waals surface area (Å²) in [5.41, 5.74) is 1.09. The molecular formula is C19H17FN2O3. The highest BCUT2D eigenvalue weighted by Gasteiger charge is 2.26. The number of morpholine rings is 1. The fraction of sp³-hybridized carbons (Fsp3) is 0.263. The first kappa shape index (κ1) is 16.9. The van der Waals surface area contributed by atoms with Crippen LogP contribution < -0.4 is 4.74 Å². The summed E-state index contributed by atoms with van der Waals surface area (Å²) in [6.07, 6.45) is -0.361. The van der Waals surface area contributed by atoms with E-state index in [1.165, 1.54) is 12.1 Å². The van der Waals surface area contributed by atoms with Crippen molar-refractivity contribution in [2.45, 2.75) is 6.10 Å². The van der Waals surface area contributed by atoms with Gasteiger partial charge in [-0.15, -0.1) is 0 Å². The average molecular weight is 340 g/mol. The van der Waals surface area contributed by atoms with Crippen LogP contribution in [-0.4, -0.2) is 37.1 Å². The van der Waals surface area contributed by atoms with Gasteiger partial charge in [0, 0.05) is 6.54 Å². The highest BCUT2D eigenvalue weighted by Crippen LogP contribution is 2.23. The number of carbonyl (C=O) groups excluding carboxylic acids is 1. The van der Waals surface area contributed by atoms with Crippen LogP contribution >= 0.6 is 0 Å². The number of hydrogen-bond donors (Lipinski definition) is 0. The van der Waals surface area contributed by atoms with Gasteiger partial charge in [-0.05, 0) is 29.8 Å². The van der Waals surface area contributed by atoms with Gasteiger partial charge in [0.05, 0.1) is 18.7 Å². The van der Waals surface area contributed by atoms with Crippen LogP contribution in [0.25, 0.3) is 0 Å². The Morgan fingerprint density at radius 3 is 2.96 bits per heavy atom. The number of hydrogen-bond acceptors (Lipinski definition) is 4. The van der Waals surface area contributed by atoms with Crippen molar-refractivity contribution in [3.05, 3.63) is 65.5 Å². The van der Waals surface area contributed by atoms with E-state index in [9.17, 15) is 9.18 Å². The molecule has 1 saturated heterocycles. The second-order valence-electron chi connectivity index (χ2n) is 5.65. The molecule has 2 aromatic rings. The summed E-state index contributed by atoms with van der Waals surface area (Å²) in [6.45, 7) is 1.01. The van der Waals surface area contributed by atoms with Crippen molar-refractivity contribution >= 4 is 5.91 Å². The number of nitriles is 1. The van der Waals surface area contributed by atoms with Gasteiger partial charge in [-0.3, -0.25) is 4.79 Å². The number of ether oxygens (including phenoxy) is 2. The molecule has 1 heterocycles. The smallest absolute Gasteiger partial charge is 0.260 e. The van der Waals surface area contributed by atoms with Gasteiger partial charge >= 0.3 is 0 Å². The van der Waals surface area contributed by atoms with Gasteiger partial charge < -0.3 is 14.4 Å². The highest BCUT2D eigenvalue weighted by molar-refractivity contribution is 5.78. The summed E-state index contributed by atoms with van der Waals surface area (Å²) >= 11 is 0. The number of halogens is 1. The van der Waals surface area contributed by atoms with Gasteiger partial charge in [0.2, 0.25) is 0 Å². The summed E-state index contributed by atoms with van der Waals surface area (Å²) in [6, 6.07) is 15.0. The van der Waals surface area contributed by atoms with E-state index in [0.717, 1.165) is 0 Å². The fourth-order valence-corrected chi connectivity index (χ4v) is 2.70. The molecule has 5 nitrogen and oxygen atoms in total. The maximum Gasteiger partial charge on any atom is 0.260 e. The van der Waals surface area contributed by atoms with Crippen LogP contribution in [-0.2, 0) is 9.53 Å².